The number of hydrogen-bond donors (Lipinski definition) is 1. The molecule has 27 heavy (non-hydrogen) atoms. The summed E-state index contributed by atoms with van der Waals surface area (Å²) in [6, 6.07) is 16.4. The number of amides is 1. The molecule has 1 fully saturated rings. The molecular weight excluding hydrogens is 354 g/mol. The minimum Gasteiger partial charge on any atom is -0.350 e. The van der Waals surface area contributed by atoms with Gasteiger partial charge in [0.15, 0.2) is 0 Å². The normalized spacial score (nSPS) is 17.1. The fourth-order valence-corrected chi connectivity index (χ4v) is 4.47. The van der Waals surface area contributed by atoms with Crippen molar-refractivity contribution in [3.05, 3.63) is 70.4 Å². The van der Waals surface area contributed by atoms with Crippen molar-refractivity contribution in [1.29, 1.82) is 0 Å². The lowest BCUT2D eigenvalue weighted by Crippen LogP contribution is -2.48. The van der Waals surface area contributed by atoms with Crippen LogP contribution in [0.3, 0.4) is 0 Å². The second-order valence-corrected chi connectivity index (χ2v) is 7.93. The summed E-state index contributed by atoms with van der Waals surface area (Å²) in [6.45, 7) is 4.82. The van der Waals surface area contributed by atoms with Gasteiger partial charge in [-0.25, -0.2) is 0 Å². The highest BCUT2D eigenvalue weighted by molar-refractivity contribution is 7.08. The highest BCUT2D eigenvalue weighted by Gasteiger charge is 2.25. The van der Waals surface area contributed by atoms with E-state index in [9.17, 15) is 4.79 Å². The lowest BCUT2D eigenvalue weighted by Gasteiger charge is -2.38. The lowest BCUT2D eigenvalue weighted by atomic mass is 10.0. The van der Waals surface area contributed by atoms with Crippen molar-refractivity contribution in [3.63, 3.8) is 0 Å². The Labute approximate surface area is 164 Å². The predicted octanol–water partition coefficient (Wildman–Crippen LogP) is 3.62. The number of carbonyl (C=O) groups excluding carboxylic acids is 1. The highest BCUT2D eigenvalue weighted by Crippen LogP contribution is 2.24. The third-order valence-electron chi connectivity index (χ3n) is 5.40. The summed E-state index contributed by atoms with van der Waals surface area (Å²) in [4.78, 5) is 17.8. The molecule has 0 saturated carbocycles. The molecular formula is C22H25N3OS. The molecule has 1 aromatic heterocycles. The van der Waals surface area contributed by atoms with Crippen LogP contribution in [-0.4, -0.2) is 55.5 Å². The number of nitrogens with zero attached hydrogens (tertiary/aromatic N) is 2. The number of fused-ring (bicyclic) bond motifs is 1. The number of carbonyl (C=O) groups is 1. The minimum atomic E-state index is 0.00107. The Hall–Kier alpha value is -2.21. The molecule has 5 heteroatoms. The molecule has 2 heterocycles. The molecule has 3 aromatic rings. The van der Waals surface area contributed by atoms with Gasteiger partial charge in [-0.05, 0) is 46.3 Å². The molecule has 0 spiro atoms. The monoisotopic (exact) mass is 379 g/mol. The second-order valence-electron chi connectivity index (χ2n) is 7.15. The van der Waals surface area contributed by atoms with E-state index in [2.05, 4.69) is 39.0 Å². The molecule has 4 nitrogen and oxygen atoms in total. The Morgan fingerprint density at radius 3 is 2.63 bits per heavy atom. The first-order chi connectivity index (χ1) is 13.2. The molecule has 0 bridgehead atoms. The summed E-state index contributed by atoms with van der Waals surface area (Å²) >= 11 is 1.72. The molecule has 2 aromatic carbocycles. The van der Waals surface area contributed by atoms with Crippen LogP contribution in [0.5, 0.6) is 0 Å². The largest absolute Gasteiger partial charge is 0.350 e. The minimum absolute atomic E-state index is 0.00107. The van der Waals surface area contributed by atoms with E-state index in [1.54, 1.807) is 11.3 Å². The SMILES string of the molecule is CN1CCN(C(CNC(=O)c2cccc3ccccc23)c2ccsc2)CC1. The van der Waals surface area contributed by atoms with Crippen molar-refractivity contribution in [1.82, 2.24) is 15.1 Å². The number of nitrogens with one attached hydrogen (secondary N) is 1. The standard InChI is InChI=1S/C22H25N3OS/c1-24-10-12-25(13-11-24)21(18-9-14-27-16-18)15-23-22(26)20-8-4-6-17-5-2-3-7-19(17)20/h2-9,14,16,21H,10-13,15H2,1H3,(H,23,26). The third-order valence-corrected chi connectivity index (χ3v) is 6.10. The topological polar surface area (TPSA) is 35.6 Å². The summed E-state index contributed by atoms with van der Waals surface area (Å²) in [5.74, 6) is 0.00107. The summed E-state index contributed by atoms with van der Waals surface area (Å²) in [5, 5.41) is 9.62. The number of thiophene rings is 1. The van der Waals surface area contributed by atoms with Crippen molar-refractivity contribution < 1.29 is 4.79 Å². The quantitative estimate of drug-likeness (QED) is 0.735. The van der Waals surface area contributed by atoms with Gasteiger partial charge in [0.25, 0.3) is 5.91 Å². The van der Waals surface area contributed by atoms with Gasteiger partial charge in [-0.2, -0.15) is 11.3 Å². The number of hydrogen-bond acceptors (Lipinski definition) is 4. The predicted molar refractivity (Wildman–Crippen MR) is 112 cm³/mol. The van der Waals surface area contributed by atoms with Crippen LogP contribution in [0.15, 0.2) is 59.3 Å². The van der Waals surface area contributed by atoms with Crippen LogP contribution in [0.2, 0.25) is 0 Å². The number of rotatable bonds is 5. The first kappa shape index (κ1) is 18.2. The van der Waals surface area contributed by atoms with Crippen molar-refractivity contribution >= 4 is 28.0 Å². The molecule has 1 aliphatic rings. The maximum absolute atomic E-state index is 12.9. The molecule has 140 valence electrons. The maximum Gasteiger partial charge on any atom is 0.251 e. The van der Waals surface area contributed by atoms with E-state index in [1.807, 2.05) is 42.5 Å². The Kier molecular flexibility index (Phi) is 5.53. The molecule has 1 atom stereocenters. The van der Waals surface area contributed by atoms with Gasteiger partial charge in [-0.3, -0.25) is 9.69 Å². The maximum atomic E-state index is 12.9. The Morgan fingerprint density at radius 1 is 1.07 bits per heavy atom. The van der Waals surface area contributed by atoms with E-state index < -0.39 is 0 Å². The second kappa shape index (κ2) is 8.21. The number of likely N-dealkylation sites (N-methyl/N-ethyl adjacent to an activating group) is 1. The van der Waals surface area contributed by atoms with Crippen molar-refractivity contribution in [2.75, 3.05) is 39.8 Å². The van der Waals surface area contributed by atoms with E-state index in [4.69, 9.17) is 0 Å². The lowest BCUT2D eigenvalue weighted by molar-refractivity contribution is 0.0888. The van der Waals surface area contributed by atoms with Crippen LogP contribution < -0.4 is 5.32 Å². The van der Waals surface area contributed by atoms with Gasteiger partial charge < -0.3 is 10.2 Å². The van der Waals surface area contributed by atoms with Gasteiger partial charge in [-0.15, -0.1) is 0 Å². The first-order valence-electron chi connectivity index (χ1n) is 9.43. The van der Waals surface area contributed by atoms with Crippen LogP contribution in [-0.2, 0) is 0 Å². The van der Waals surface area contributed by atoms with E-state index in [0.29, 0.717) is 6.54 Å². The van der Waals surface area contributed by atoms with E-state index >= 15 is 0 Å². The number of piperazine rings is 1. The fraction of sp³-hybridized carbons (Fsp3) is 0.318. The van der Waals surface area contributed by atoms with Crippen LogP contribution in [0, 0.1) is 0 Å². The van der Waals surface area contributed by atoms with E-state index in [-0.39, 0.29) is 11.9 Å². The average Bonchev–Trinajstić information content (AvgIpc) is 3.23. The van der Waals surface area contributed by atoms with E-state index in [1.165, 1.54) is 5.56 Å². The zero-order valence-corrected chi connectivity index (χ0v) is 16.4. The summed E-state index contributed by atoms with van der Waals surface area (Å²) in [6.07, 6.45) is 0. The van der Waals surface area contributed by atoms with Crippen LogP contribution in [0.1, 0.15) is 22.0 Å². The van der Waals surface area contributed by atoms with Gasteiger partial charge >= 0.3 is 0 Å². The van der Waals surface area contributed by atoms with Crippen molar-refractivity contribution in [2.45, 2.75) is 6.04 Å². The molecule has 1 unspecified atom stereocenters. The van der Waals surface area contributed by atoms with Gasteiger partial charge in [0.1, 0.15) is 0 Å². The molecule has 4 rings (SSSR count). The smallest absolute Gasteiger partial charge is 0.251 e. The molecule has 1 amide bonds. The number of benzene rings is 2. The molecule has 1 saturated heterocycles. The molecule has 1 aliphatic heterocycles. The van der Waals surface area contributed by atoms with Crippen LogP contribution in [0.25, 0.3) is 10.8 Å². The highest BCUT2D eigenvalue weighted by atomic mass is 32.1. The van der Waals surface area contributed by atoms with Gasteiger partial charge in [0, 0.05) is 38.3 Å². The zero-order valence-electron chi connectivity index (χ0n) is 15.6. The van der Waals surface area contributed by atoms with Gasteiger partial charge in [0.2, 0.25) is 0 Å². The third kappa shape index (κ3) is 4.05. The van der Waals surface area contributed by atoms with Gasteiger partial charge in [-0.1, -0.05) is 36.4 Å². The van der Waals surface area contributed by atoms with Crippen molar-refractivity contribution in [3.8, 4) is 0 Å². The Morgan fingerprint density at radius 2 is 1.85 bits per heavy atom. The fourth-order valence-electron chi connectivity index (χ4n) is 3.76. The van der Waals surface area contributed by atoms with Gasteiger partial charge in [0.05, 0.1) is 6.04 Å². The molecule has 1 N–H and O–H groups in total. The zero-order chi connectivity index (χ0) is 18.6. The van der Waals surface area contributed by atoms with E-state index in [0.717, 1.165) is 42.5 Å². The van der Waals surface area contributed by atoms with Crippen molar-refractivity contribution in [2.24, 2.45) is 0 Å². The van der Waals surface area contributed by atoms with Crippen LogP contribution in [0.4, 0.5) is 0 Å². The summed E-state index contributed by atoms with van der Waals surface area (Å²) in [7, 11) is 2.17. The summed E-state index contributed by atoms with van der Waals surface area (Å²) in [5.41, 5.74) is 2.04. The average molecular weight is 380 g/mol. The Bertz CT molecular complexity index is 896. The summed E-state index contributed by atoms with van der Waals surface area (Å²) < 4.78 is 0. The molecule has 0 radical (unpaired) electrons. The molecule has 0 aliphatic carbocycles. The first-order valence-corrected chi connectivity index (χ1v) is 10.4. The Balaban J connectivity index is 1.51. The van der Waals surface area contributed by atoms with Crippen LogP contribution >= 0.6 is 11.3 Å².